The minimum Gasteiger partial charge on any atom is -0.616 e. The van der Waals surface area contributed by atoms with E-state index in [1.807, 2.05) is 18.2 Å². The summed E-state index contributed by atoms with van der Waals surface area (Å²) in [7, 11) is 1.52. The number of amides is 1. The zero-order valence-corrected chi connectivity index (χ0v) is 30.4. The largest absolute Gasteiger partial charge is 0.616 e. The van der Waals surface area contributed by atoms with Crippen molar-refractivity contribution in [1.29, 1.82) is 0 Å². The van der Waals surface area contributed by atoms with Gasteiger partial charge >= 0.3 is 11.9 Å². The molecular formula is C38H44ClN3O8S. The lowest BCUT2D eigenvalue weighted by Crippen LogP contribution is -2.35. The average molecular weight is 738 g/mol. The molecule has 1 aromatic heterocycles. The summed E-state index contributed by atoms with van der Waals surface area (Å²) in [5.74, 6) is -2.53. The molecule has 0 aliphatic carbocycles. The van der Waals surface area contributed by atoms with Gasteiger partial charge in [0.2, 0.25) is 0 Å². The topological polar surface area (TPSA) is 153 Å². The van der Waals surface area contributed by atoms with Gasteiger partial charge in [-0.25, -0.2) is 4.79 Å². The summed E-state index contributed by atoms with van der Waals surface area (Å²) < 4.78 is 29.5. The monoisotopic (exact) mass is 737 g/mol. The van der Waals surface area contributed by atoms with Crippen LogP contribution in [0.25, 0.3) is 10.9 Å². The summed E-state index contributed by atoms with van der Waals surface area (Å²) in [6.07, 6.45) is 1.58. The van der Waals surface area contributed by atoms with E-state index >= 15 is 0 Å². The van der Waals surface area contributed by atoms with Gasteiger partial charge in [0.1, 0.15) is 17.3 Å². The van der Waals surface area contributed by atoms with Crippen molar-refractivity contribution in [1.82, 2.24) is 15.2 Å². The van der Waals surface area contributed by atoms with Gasteiger partial charge in [-0.2, -0.15) is 0 Å². The molecule has 3 N–H and O–H groups in total. The van der Waals surface area contributed by atoms with Gasteiger partial charge < -0.3 is 34.2 Å². The second-order valence-electron chi connectivity index (χ2n) is 12.7. The fourth-order valence-electron chi connectivity index (χ4n) is 6.28. The number of aliphatic hydroxyl groups is 1. The lowest BCUT2D eigenvalue weighted by atomic mass is 9.91. The number of nitrogens with zero attached hydrogens (tertiary/aromatic N) is 1. The summed E-state index contributed by atoms with van der Waals surface area (Å²) in [6.45, 7) is 5.68. The van der Waals surface area contributed by atoms with Crippen molar-refractivity contribution in [3.05, 3.63) is 94.1 Å². The molecule has 0 radical (unpaired) electrons. The number of halogens is 1. The molecule has 51 heavy (non-hydrogen) atoms. The third kappa shape index (κ3) is 11.0. The predicted octanol–water partition coefficient (Wildman–Crippen LogP) is 5.29. The molecule has 1 aliphatic heterocycles. The molecule has 1 amide bonds. The van der Waals surface area contributed by atoms with E-state index in [0.29, 0.717) is 47.0 Å². The van der Waals surface area contributed by atoms with E-state index in [4.69, 9.17) is 25.8 Å². The molecule has 3 aromatic carbocycles. The Labute approximate surface area is 305 Å². The molecule has 5 rings (SSSR count). The first-order valence-corrected chi connectivity index (χ1v) is 18.9. The molecule has 3 atom stereocenters. The quantitative estimate of drug-likeness (QED) is 0.0568. The second-order valence-corrected chi connectivity index (χ2v) is 14.6. The average Bonchev–Trinajstić information content (AvgIpc) is 3.73. The molecule has 0 saturated carbocycles. The Bertz CT molecular complexity index is 1790. The number of likely N-dealkylation sites (tertiary alicyclic amines) is 1. The Kier molecular flexibility index (Phi) is 13.8. The van der Waals surface area contributed by atoms with Gasteiger partial charge in [-0.15, -0.1) is 0 Å². The highest BCUT2D eigenvalue weighted by atomic mass is 35.5. The third-order valence-corrected chi connectivity index (χ3v) is 10.3. The lowest BCUT2D eigenvalue weighted by molar-refractivity contribution is -0.140. The number of fused-ring (bicyclic) bond motifs is 1. The van der Waals surface area contributed by atoms with Crippen molar-refractivity contribution in [3.8, 4) is 11.5 Å². The van der Waals surface area contributed by atoms with Gasteiger partial charge in [-0.1, -0.05) is 23.7 Å². The van der Waals surface area contributed by atoms with Crippen LogP contribution in [-0.2, 0) is 32.0 Å². The van der Waals surface area contributed by atoms with Gasteiger partial charge in [-0.05, 0) is 123 Å². The zero-order chi connectivity index (χ0) is 36.3. The number of hydrogen-bond acceptors (Lipinski definition) is 9. The van der Waals surface area contributed by atoms with E-state index in [9.17, 15) is 24.0 Å². The zero-order valence-electron chi connectivity index (χ0n) is 28.8. The Morgan fingerprint density at radius 3 is 2.57 bits per heavy atom. The van der Waals surface area contributed by atoms with E-state index in [1.54, 1.807) is 25.1 Å². The number of ether oxygens (including phenoxy) is 3. The molecule has 13 heteroatoms. The summed E-state index contributed by atoms with van der Waals surface area (Å²) in [5, 5.41) is 14.9. The van der Waals surface area contributed by atoms with Crippen molar-refractivity contribution < 1.29 is 38.3 Å². The number of carbonyl (C=O) groups is 3. The molecule has 0 spiro atoms. The van der Waals surface area contributed by atoms with Gasteiger partial charge in [-0.3, -0.25) is 14.5 Å². The second kappa shape index (κ2) is 18.4. The number of hydrogen-bond donors (Lipinski definition) is 3. The van der Waals surface area contributed by atoms with Gasteiger partial charge in [0.15, 0.2) is 5.75 Å². The van der Waals surface area contributed by atoms with Crippen LogP contribution in [-0.4, -0.2) is 88.3 Å². The Hall–Kier alpha value is -4.07. The van der Waals surface area contributed by atoms with E-state index in [0.717, 1.165) is 30.9 Å². The number of aryl methyl sites for hydroxylation is 1. The van der Waals surface area contributed by atoms with Crippen LogP contribution < -0.4 is 14.8 Å². The van der Waals surface area contributed by atoms with Crippen LogP contribution in [0, 0.1) is 6.92 Å². The van der Waals surface area contributed by atoms with Crippen LogP contribution in [0.15, 0.2) is 66.7 Å². The minimum atomic E-state index is -1.74. The van der Waals surface area contributed by atoms with Crippen molar-refractivity contribution in [2.45, 2.75) is 51.2 Å². The molecule has 1 fully saturated rings. The molecule has 272 valence electrons. The van der Waals surface area contributed by atoms with Crippen LogP contribution in [0.4, 0.5) is 0 Å². The number of benzene rings is 3. The number of esters is 2. The van der Waals surface area contributed by atoms with E-state index in [2.05, 4.69) is 21.3 Å². The van der Waals surface area contributed by atoms with Crippen molar-refractivity contribution in [2.24, 2.45) is 0 Å². The minimum absolute atomic E-state index is 0.130. The van der Waals surface area contributed by atoms with Crippen LogP contribution in [0.5, 0.6) is 11.5 Å². The number of rotatable bonds is 17. The Balaban J connectivity index is 1.13. The van der Waals surface area contributed by atoms with Crippen molar-refractivity contribution in [2.75, 3.05) is 44.9 Å². The number of H-pyrrole nitrogens is 1. The molecule has 1 aliphatic rings. The first kappa shape index (κ1) is 38.2. The predicted molar refractivity (Wildman–Crippen MR) is 197 cm³/mol. The standard InChI is InChI=1S/C38H44ClN3O8S/c1-25-36(32-21-30(48-2)13-14-34(32)41-25)33(38(46)50-37(45)27-9-11-28(39)12-10-27)20-29(43)23-51(47)24-35(44)40-15-6-18-49-31-8-5-7-26(19-31)22-42-16-3-4-17-42/h5,7-14,19,21,29,33,41,43H,3-4,6,15-18,20,22-24H2,1-2H3,(H,40,44). The van der Waals surface area contributed by atoms with E-state index in [-0.39, 0.29) is 23.5 Å². The summed E-state index contributed by atoms with van der Waals surface area (Å²) in [4.78, 5) is 44.7. The number of carbonyl (C=O) groups excluding carboxylic acids is 3. The Morgan fingerprint density at radius 2 is 1.82 bits per heavy atom. The molecule has 0 bridgehead atoms. The van der Waals surface area contributed by atoms with Gasteiger partial charge in [0.25, 0.3) is 5.91 Å². The fourth-order valence-corrected chi connectivity index (χ4v) is 7.48. The first-order valence-electron chi connectivity index (χ1n) is 17.0. The summed E-state index contributed by atoms with van der Waals surface area (Å²) in [5.41, 5.74) is 3.20. The molecular weight excluding hydrogens is 694 g/mol. The fraction of sp³-hybridized carbons (Fsp3) is 0.395. The van der Waals surface area contributed by atoms with Gasteiger partial charge in [0.05, 0.1) is 31.3 Å². The number of aromatic nitrogens is 1. The number of aromatic amines is 1. The van der Waals surface area contributed by atoms with Crippen molar-refractivity contribution >= 4 is 51.5 Å². The Morgan fingerprint density at radius 1 is 1.06 bits per heavy atom. The van der Waals surface area contributed by atoms with Gasteiger partial charge in [0, 0.05) is 34.7 Å². The van der Waals surface area contributed by atoms with Crippen LogP contribution in [0.1, 0.15) is 58.8 Å². The van der Waals surface area contributed by atoms with Crippen LogP contribution >= 0.6 is 11.6 Å². The molecule has 4 aromatic rings. The van der Waals surface area contributed by atoms with E-state index in [1.165, 1.54) is 49.8 Å². The van der Waals surface area contributed by atoms with Crippen LogP contribution in [0.3, 0.4) is 0 Å². The normalized spacial score (nSPS) is 14.9. The highest BCUT2D eigenvalue weighted by molar-refractivity contribution is 7.92. The molecule has 11 nitrogen and oxygen atoms in total. The molecule has 3 unspecified atom stereocenters. The number of nitrogens with one attached hydrogen (secondary N) is 2. The van der Waals surface area contributed by atoms with Crippen LogP contribution in [0.2, 0.25) is 5.02 Å². The highest BCUT2D eigenvalue weighted by Gasteiger charge is 2.33. The smallest absolute Gasteiger partial charge is 0.345 e. The van der Waals surface area contributed by atoms with Crippen molar-refractivity contribution in [3.63, 3.8) is 0 Å². The first-order chi connectivity index (χ1) is 24.6. The maximum Gasteiger partial charge on any atom is 0.345 e. The highest BCUT2D eigenvalue weighted by Crippen LogP contribution is 2.35. The third-order valence-electron chi connectivity index (χ3n) is 8.74. The SMILES string of the molecule is COc1ccc2[nH]c(C)c(C(CC(O)C[S+]([O-])CC(=O)NCCCOc3cccc(CN4CCCC4)c3)C(=O)OC(=O)c3ccc(Cl)cc3)c2c1. The number of methoxy groups -OCH3 is 1. The maximum absolute atomic E-state index is 13.6. The maximum atomic E-state index is 13.6. The molecule has 1 saturated heterocycles. The van der Waals surface area contributed by atoms with E-state index < -0.39 is 41.0 Å². The summed E-state index contributed by atoms with van der Waals surface area (Å²) in [6, 6.07) is 19.3. The molecule has 2 heterocycles. The lowest BCUT2D eigenvalue weighted by Gasteiger charge is -2.21. The summed E-state index contributed by atoms with van der Waals surface area (Å²) >= 11 is 4.20. The number of aliphatic hydroxyl groups excluding tert-OH is 1.